The van der Waals surface area contributed by atoms with Gasteiger partial charge < -0.3 is 44.8 Å². The first-order valence-corrected chi connectivity index (χ1v) is 27.8. The molecule has 0 radical (unpaired) electrons. The fourth-order valence-corrected chi connectivity index (χ4v) is 9.20. The Labute approximate surface area is 483 Å². The number of hydrazine groups is 1. The van der Waals surface area contributed by atoms with Crippen molar-refractivity contribution in [1.82, 2.24) is 26.1 Å². The van der Waals surface area contributed by atoms with E-state index in [0.717, 1.165) is 33.5 Å². The van der Waals surface area contributed by atoms with E-state index in [1.807, 2.05) is 175 Å². The quantitative estimate of drug-likeness (QED) is 0.0137. The van der Waals surface area contributed by atoms with Gasteiger partial charge in [-0.3, -0.25) is 29.6 Å². The Morgan fingerprint density at radius 1 is 0.598 bits per heavy atom. The minimum Gasteiger partial charge on any atom is -0.469 e. The van der Waals surface area contributed by atoms with Gasteiger partial charge >= 0.3 is 18.0 Å². The highest BCUT2D eigenvalue weighted by atomic mass is 16.6. The molecule has 0 aliphatic heterocycles. The molecule has 0 saturated carbocycles. The molecule has 442 valence electrons. The van der Waals surface area contributed by atoms with E-state index in [-0.39, 0.29) is 70.8 Å². The Morgan fingerprint density at radius 3 is 1.71 bits per heavy atom. The zero-order chi connectivity index (χ0) is 59.5. The molecule has 0 bridgehead atoms. The lowest BCUT2D eigenvalue weighted by atomic mass is 9.78. The van der Waals surface area contributed by atoms with Crippen molar-refractivity contribution >= 4 is 35.6 Å². The molecule has 5 aromatic rings. The molecule has 0 aliphatic carbocycles. The number of hydrogen-bond donors (Lipinski definition) is 4. The molecule has 0 saturated heterocycles. The summed E-state index contributed by atoms with van der Waals surface area (Å²) in [6.07, 6.45) is -0.401. The fourth-order valence-electron chi connectivity index (χ4n) is 9.20. The molecule has 1 heterocycles. The van der Waals surface area contributed by atoms with Gasteiger partial charge in [-0.15, -0.1) is 0 Å². The number of hydrogen-bond acceptors (Lipinski definition) is 15. The van der Waals surface area contributed by atoms with Crippen LogP contribution in [0, 0.1) is 22.7 Å². The lowest BCUT2D eigenvalue weighted by molar-refractivity contribution is -0.159. The molecule has 82 heavy (non-hydrogen) atoms. The van der Waals surface area contributed by atoms with E-state index >= 15 is 9.59 Å². The number of aromatic nitrogens is 1. The molecule has 0 fully saturated rings. The molecular weight excluding hydrogens is 1040 g/mol. The van der Waals surface area contributed by atoms with Crippen LogP contribution < -0.4 is 21.8 Å². The summed E-state index contributed by atoms with van der Waals surface area (Å²) in [7, 11) is 2.85. The summed E-state index contributed by atoms with van der Waals surface area (Å²) < 4.78 is 33.3. The fraction of sp³-hybridized carbons (Fsp3) is 0.453. The topological polar surface area (TPSA) is 236 Å². The first-order valence-electron chi connectivity index (χ1n) is 27.8. The zero-order valence-corrected chi connectivity index (χ0v) is 48.8. The van der Waals surface area contributed by atoms with Gasteiger partial charge in [0.15, 0.2) is 5.78 Å². The Bertz CT molecular complexity index is 2720. The van der Waals surface area contributed by atoms with Crippen molar-refractivity contribution in [2.75, 3.05) is 60.4 Å². The predicted octanol–water partition coefficient (Wildman–Crippen LogP) is 7.66. The number of carbonyl (C=O) groups excluding carboxylic acids is 6. The van der Waals surface area contributed by atoms with Gasteiger partial charge in [-0.1, -0.05) is 163 Å². The molecule has 18 nitrogen and oxygen atoms in total. The van der Waals surface area contributed by atoms with E-state index in [2.05, 4.69) is 21.0 Å². The summed E-state index contributed by atoms with van der Waals surface area (Å²) in [5, 5.41) is 7.33. The minimum absolute atomic E-state index is 0.0215. The molecular formula is C64H84N6O12. The van der Waals surface area contributed by atoms with E-state index in [1.54, 1.807) is 18.3 Å². The van der Waals surface area contributed by atoms with Crippen LogP contribution in [-0.2, 0) is 78.2 Å². The maximum Gasteiger partial charge on any atom is 0.407 e. The van der Waals surface area contributed by atoms with Crippen LogP contribution in [0.25, 0.3) is 11.3 Å². The van der Waals surface area contributed by atoms with Gasteiger partial charge in [0.2, 0.25) is 11.8 Å². The average molecular weight is 1130 g/mol. The van der Waals surface area contributed by atoms with E-state index in [1.165, 1.54) is 7.11 Å². The number of carbonyl (C=O) groups is 6. The highest BCUT2D eigenvalue weighted by Gasteiger charge is 2.40. The SMILES string of the molecule is COCCOCCOCCOC(=O)N[C@H](C(=O)C[C@@H](Cc1ccccc1)[C@H](CN(Cc1ccc(-c2ccccn2)cc1)NC(=O)[C@@H](CC(=O)OC)C(C)(C)C)OC(=O)[C@H](Cc1ccccc1)NC(=O)[C@@H](N)Cc1ccccc1)C(C)(C)C. The van der Waals surface area contributed by atoms with E-state index in [9.17, 15) is 19.2 Å². The number of rotatable bonds is 33. The number of ether oxygens (including phenoxy) is 6. The monoisotopic (exact) mass is 1130 g/mol. The maximum absolute atomic E-state index is 15.3. The predicted molar refractivity (Wildman–Crippen MR) is 312 cm³/mol. The number of esters is 2. The molecule has 6 atom stereocenters. The van der Waals surface area contributed by atoms with Gasteiger partial charge in [-0.25, -0.2) is 14.6 Å². The number of alkyl carbamates (subject to hydrolysis) is 1. The van der Waals surface area contributed by atoms with Crippen LogP contribution in [0.15, 0.2) is 140 Å². The number of amides is 3. The minimum atomic E-state index is -1.27. The molecule has 0 unspecified atom stereocenters. The molecule has 5 rings (SSSR count). The summed E-state index contributed by atoms with van der Waals surface area (Å²) >= 11 is 0. The summed E-state index contributed by atoms with van der Waals surface area (Å²) in [5.41, 5.74) is 12.8. The Morgan fingerprint density at radius 2 is 1.16 bits per heavy atom. The number of nitrogens with zero attached hydrogens (tertiary/aromatic N) is 2. The first-order chi connectivity index (χ1) is 39.2. The Hall–Kier alpha value is -7.35. The number of ketones is 1. The Kier molecular flexibility index (Phi) is 26.8. The molecule has 4 aromatic carbocycles. The third kappa shape index (κ3) is 22.9. The Balaban J connectivity index is 1.58. The number of methoxy groups -OCH3 is 2. The molecule has 0 spiro atoms. The van der Waals surface area contributed by atoms with Crippen molar-refractivity contribution in [2.45, 2.75) is 104 Å². The number of pyridine rings is 1. The van der Waals surface area contributed by atoms with E-state index in [4.69, 9.17) is 34.2 Å². The molecule has 0 aliphatic rings. The van der Waals surface area contributed by atoms with Crippen molar-refractivity contribution in [3.8, 4) is 11.3 Å². The molecule has 18 heteroatoms. The van der Waals surface area contributed by atoms with Crippen molar-refractivity contribution in [2.24, 2.45) is 28.4 Å². The van der Waals surface area contributed by atoms with Gasteiger partial charge in [0.25, 0.3) is 0 Å². The van der Waals surface area contributed by atoms with Gasteiger partial charge in [0.05, 0.1) is 76.8 Å². The number of nitrogens with two attached hydrogens (primary N) is 1. The van der Waals surface area contributed by atoms with E-state index < -0.39 is 76.7 Å². The van der Waals surface area contributed by atoms with Crippen molar-refractivity contribution in [3.05, 3.63) is 162 Å². The van der Waals surface area contributed by atoms with Crippen molar-refractivity contribution in [3.63, 3.8) is 0 Å². The normalized spacial score (nSPS) is 13.8. The van der Waals surface area contributed by atoms with Gasteiger partial charge in [0, 0.05) is 44.2 Å². The summed E-state index contributed by atoms with van der Waals surface area (Å²) in [5.74, 6) is -4.58. The maximum atomic E-state index is 15.3. The zero-order valence-electron chi connectivity index (χ0n) is 48.8. The first kappa shape index (κ1) is 65.5. The van der Waals surface area contributed by atoms with Crippen molar-refractivity contribution < 1.29 is 57.2 Å². The third-order valence-corrected chi connectivity index (χ3v) is 13.7. The van der Waals surface area contributed by atoms with Gasteiger partial charge in [-0.05, 0) is 58.1 Å². The second kappa shape index (κ2) is 33.5. The largest absolute Gasteiger partial charge is 0.469 e. The summed E-state index contributed by atoms with van der Waals surface area (Å²) in [6, 6.07) is 37.7. The van der Waals surface area contributed by atoms with Crippen LogP contribution in [0.4, 0.5) is 4.79 Å². The number of Topliss-reactive ketones (excluding diaryl/α,β-unsaturated/α-hetero) is 1. The number of benzene rings is 4. The second-order valence-corrected chi connectivity index (χ2v) is 22.4. The lowest BCUT2D eigenvalue weighted by Crippen LogP contribution is -2.55. The highest BCUT2D eigenvalue weighted by molar-refractivity contribution is 5.89. The van der Waals surface area contributed by atoms with Crippen LogP contribution in [-0.4, -0.2) is 130 Å². The van der Waals surface area contributed by atoms with Crippen LogP contribution in [0.1, 0.15) is 76.6 Å². The molecule has 5 N–H and O–H groups in total. The summed E-state index contributed by atoms with van der Waals surface area (Å²) in [6.45, 7) is 12.4. The molecule has 3 amide bonds. The van der Waals surface area contributed by atoms with Gasteiger partial charge in [0.1, 0.15) is 18.8 Å². The number of nitrogens with one attached hydrogen (secondary N) is 3. The van der Waals surface area contributed by atoms with Crippen LogP contribution in [0.5, 0.6) is 0 Å². The summed E-state index contributed by atoms with van der Waals surface area (Å²) in [4.78, 5) is 90.2. The smallest absolute Gasteiger partial charge is 0.407 e. The molecule has 1 aromatic heterocycles. The second-order valence-electron chi connectivity index (χ2n) is 22.4. The highest BCUT2D eigenvalue weighted by Crippen LogP contribution is 2.31. The standard InChI is InChI=1S/C64H84N6O12/c1-63(2,3)51(42-57(72)78-8)59(73)69-70(43-48-27-29-49(30-28-48)53-26-18-19-31-66-53)44-56(82-61(75)54(40-47-24-16-11-17-25-47)67-60(74)52(65)39-46-22-14-10-15-23-46)50(38-45-20-12-9-13-21-45)41-55(71)58(64(4,5)6)68-62(76)81-37-36-80-35-34-79-33-32-77-7/h9-31,50-52,54,56,58H,32-44,65H2,1-8H3,(H,67,74)(H,68,76)(H,69,73)/t50-,51-,52+,54+,56+,58-/m1/s1. The van der Waals surface area contributed by atoms with Gasteiger partial charge in [-0.2, -0.15) is 0 Å². The van der Waals surface area contributed by atoms with Crippen LogP contribution in [0.2, 0.25) is 0 Å². The van der Waals surface area contributed by atoms with E-state index in [0.29, 0.717) is 19.8 Å². The lowest BCUT2D eigenvalue weighted by Gasteiger charge is -2.37. The van der Waals surface area contributed by atoms with Crippen LogP contribution in [0.3, 0.4) is 0 Å². The third-order valence-electron chi connectivity index (χ3n) is 13.7. The van der Waals surface area contributed by atoms with Crippen molar-refractivity contribution in [1.29, 1.82) is 0 Å². The van der Waals surface area contributed by atoms with Crippen LogP contribution >= 0.6 is 0 Å². The average Bonchev–Trinajstić information content (AvgIpc) is 3.50.